The van der Waals surface area contributed by atoms with Crippen LogP contribution in [0.1, 0.15) is 67.3 Å². The third-order valence-electron chi connectivity index (χ3n) is 11.3. The number of nitrogens with one attached hydrogen (secondary N) is 4. The summed E-state index contributed by atoms with van der Waals surface area (Å²) in [4.78, 5) is 100. The summed E-state index contributed by atoms with van der Waals surface area (Å²) in [6.07, 6.45) is 4.53. The van der Waals surface area contributed by atoms with Crippen molar-refractivity contribution in [1.82, 2.24) is 25.8 Å². The monoisotopic (exact) mass is 917 g/mol. The minimum atomic E-state index is -1.29. The van der Waals surface area contributed by atoms with Crippen LogP contribution in [0, 0.1) is 0 Å². The van der Waals surface area contributed by atoms with Crippen LogP contribution in [0.3, 0.4) is 0 Å². The Morgan fingerprint density at radius 1 is 0.735 bits per heavy atom. The summed E-state index contributed by atoms with van der Waals surface area (Å²) < 4.78 is 17.0. The van der Waals surface area contributed by atoms with E-state index in [2.05, 4.69) is 26.3 Å². The Labute approximate surface area is 390 Å². The van der Waals surface area contributed by atoms with Gasteiger partial charge in [0.2, 0.25) is 23.6 Å². The highest BCUT2D eigenvalue weighted by molar-refractivity contribution is 6.25. The largest absolute Gasteiger partial charge is 0.459 e. The number of benzene rings is 4. The van der Waals surface area contributed by atoms with E-state index in [9.17, 15) is 33.6 Å². The molecule has 1 unspecified atom stereocenters. The lowest BCUT2D eigenvalue weighted by Gasteiger charge is -2.32. The number of rotatable bonds is 20. The van der Waals surface area contributed by atoms with Gasteiger partial charge in [-0.25, -0.2) is 0 Å². The summed E-state index contributed by atoms with van der Waals surface area (Å²) in [7, 11) is 0. The Bertz CT molecular complexity index is 2760. The number of ether oxygens (including phenoxy) is 2. The molecule has 2 aliphatic heterocycles. The van der Waals surface area contributed by atoms with Gasteiger partial charge in [-0.3, -0.25) is 53.7 Å². The second-order valence-corrected chi connectivity index (χ2v) is 15.7. The van der Waals surface area contributed by atoms with Crippen molar-refractivity contribution in [2.75, 3.05) is 49.7 Å². The first-order valence-corrected chi connectivity index (χ1v) is 22.0. The van der Waals surface area contributed by atoms with Crippen molar-refractivity contribution in [2.24, 2.45) is 0 Å². The fourth-order valence-corrected chi connectivity index (χ4v) is 8.06. The van der Waals surface area contributed by atoms with Crippen LogP contribution in [-0.4, -0.2) is 96.8 Å². The van der Waals surface area contributed by atoms with E-state index >= 15 is 0 Å². The van der Waals surface area contributed by atoms with E-state index in [0.29, 0.717) is 22.5 Å². The molecule has 4 N–H and O–H groups in total. The Morgan fingerprint density at radius 3 is 2.13 bits per heavy atom. The van der Waals surface area contributed by atoms with E-state index in [-0.39, 0.29) is 69.2 Å². The molecule has 4 aromatic carbocycles. The number of anilines is 2. The molecule has 7 amide bonds. The summed E-state index contributed by atoms with van der Waals surface area (Å²) >= 11 is 0. The van der Waals surface area contributed by atoms with Gasteiger partial charge in [-0.15, -0.1) is 0 Å². The molecule has 346 valence electrons. The number of nitrogens with zero attached hydrogens (tertiary/aromatic N) is 3. The molecule has 17 heteroatoms. The van der Waals surface area contributed by atoms with Crippen molar-refractivity contribution in [2.45, 2.75) is 31.0 Å². The highest BCUT2D eigenvalue weighted by Crippen LogP contribution is 2.34. The Kier molecular flexibility index (Phi) is 14.8. The molecule has 8 rings (SSSR count). The lowest BCUT2D eigenvalue weighted by Crippen LogP contribution is -2.54. The SMILES string of the molecule is O=C1CCC(N2C(=O)c3cccc(NCCOCCOCCNC(=O)[C@H](NC(=O)[C@@H](c4cccnc4)N(C(=O)c4ccco4)c4ccc(-c5ccccc5)cc4)c4ccccc4)c3C2=O)C(=O)N1. The van der Waals surface area contributed by atoms with Crippen molar-refractivity contribution in [1.29, 1.82) is 0 Å². The van der Waals surface area contributed by atoms with Gasteiger partial charge < -0.3 is 29.8 Å². The van der Waals surface area contributed by atoms with E-state index in [0.717, 1.165) is 16.0 Å². The third kappa shape index (κ3) is 10.5. The molecule has 68 heavy (non-hydrogen) atoms. The molecule has 2 aromatic heterocycles. The summed E-state index contributed by atoms with van der Waals surface area (Å²) in [5, 5.41) is 11.1. The van der Waals surface area contributed by atoms with Gasteiger partial charge in [-0.2, -0.15) is 0 Å². The second-order valence-electron chi connectivity index (χ2n) is 15.7. The van der Waals surface area contributed by atoms with Crippen LogP contribution in [0.4, 0.5) is 11.4 Å². The molecule has 0 saturated carbocycles. The van der Waals surface area contributed by atoms with Crippen LogP contribution in [-0.2, 0) is 28.7 Å². The van der Waals surface area contributed by atoms with Crippen molar-refractivity contribution in [3.05, 3.63) is 174 Å². The maximum Gasteiger partial charge on any atom is 0.294 e. The lowest BCUT2D eigenvalue weighted by atomic mass is 10.0. The molecular weight excluding hydrogens is 871 g/mol. The number of hydrogen-bond acceptors (Lipinski definition) is 12. The predicted octanol–water partition coefficient (Wildman–Crippen LogP) is 5.25. The molecule has 0 spiro atoms. The first-order valence-electron chi connectivity index (χ1n) is 22.0. The highest BCUT2D eigenvalue weighted by atomic mass is 16.5. The van der Waals surface area contributed by atoms with Gasteiger partial charge in [0.1, 0.15) is 18.1 Å². The normalized spacial score (nSPS) is 15.2. The van der Waals surface area contributed by atoms with Crippen LogP contribution in [0.15, 0.2) is 150 Å². The Morgan fingerprint density at radius 2 is 1.44 bits per heavy atom. The zero-order chi connectivity index (χ0) is 47.4. The summed E-state index contributed by atoms with van der Waals surface area (Å²) in [5.41, 5.74) is 3.92. The molecule has 0 aliphatic carbocycles. The van der Waals surface area contributed by atoms with Gasteiger partial charge >= 0.3 is 0 Å². The third-order valence-corrected chi connectivity index (χ3v) is 11.3. The molecule has 0 bridgehead atoms. The van der Waals surface area contributed by atoms with Crippen molar-refractivity contribution in [3.63, 3.8) is 0 Å². The minimum Gasteiger partial charge on any atom is -0.459 e. The number of carbonyl (C=O) groups is 7. The second kappa shape index (κ2) is 21.8. The van der Waals surface area contributed by atoms with Gasteiger partial charge in [-0.1, -0.05) is 84.9 Å². The minimum absolute atomic E-state index is 0.00587. The van der Waals surface area contributed by atoms with Crippen LogP contribution in [0.2, 0.25) is 0 Å². The number of aromatic nitrogens is 1. The number of fused-ring (bicyclic) bond motifs is 1. The van der Waals surface area contributed by atoms with Gasteiger partial charge in [0, 0.05) is 48.8 Å². The van der Waals surface area contributed by atoms with Crippen molar-refractivity contribution < 1.29 is 47.5 Å². The average Bonchev–Trinajstić information content (AvgIpc) is 4.00. The van der Waals surface area contributed by atoms with Gasteiger partial charge in [0.25, 0.3) is 17.7 Å². The zero-order valence-corrected chi connectivity index (χ0v) is 36.7. The number of hydrogen-bond donors (Lipinski definition) is 4. The number of piperidine rings is 1. The summed E-state index contributed by atoms with van der Waals surface area (Å²) in [6, 6.07) is 33.5. The van der Waals surface area contributed by atoms with Gasteiger partial charge in [0.05, 0.1) is 43.8 Å². The zero-order valence-electron chi connectivity index (χ0n) is 36.7. The molecular formula is C51H47N7O10. The Hall–Kier alpha value is -8.28. The molecule has 1 fully saturated rings. The molecule has 4 heterocycles. The number of furan rings is 1. The molecule has 6 aromatic rings. The summed E-state index contributed by atoms with van der Waals surface area (Å²) in [5.74, 6) is -4.07. The average molecular weight is 918 g/mol. The molecule has 3 atom stereocenters. The van der Waals surface area contributed by atoms with Crippen LogP contribution in [0.5, 0.6) is 0 Å². The molecule has 2 aliphatic rings. The number of amides is 7. The lowest BCUT2D eigenvalue weighted by molar-refractivity contribution is -0.136. The first kappa shape index (κ1) is 46.3. The standard InChI is InChI=1S/C51H47N7O10/c59-42-23-22-40(46(60)55-42)58-49(63)38-15-7-16-39(43(38)51(58)65)53-25-28-66-30-31-67-29-26-54-47(61)44(35-12-5-2-6-13-35)56-48(62)45(36-14-8-24-52-32-36)57(50(64)41-17-9-27-68-41)37-20-18-34(19-21-37)33-10-3-1-4-11-33/h1-21,24,27,32,40,44-45,53H,22-23,25-26,28-31H2,(H,54,61)(H,56,62)(H,55,59,60)/t40?,44-,45-/m1/s1. The maximum atomic E-state index is 14.7. The van der Waals surface area contributed by atoms with E-state index in [1.54, 1.807) is 79.0 Å². The summed E-state index contributed by atoms with van der Waals surface area (Å²) in [6.45, 7) is 1.15. The van der Waals surface area contributed by atoms with Crippen LogP contribution >= 0.6 is 0 Å². The molecule has 17 nitrogen and oxygen atoms in total. The molecule has 0 radical (unpaired) electrons. The predicted molar refractivity (Wildman–Crippen MR) is 248 cm³/mol. The van der Waals surface area contributed by atoms with Gasteiger partial charge in [-0.05, 0) is 65.6 Å². The first-order chi connectivity index (χ1) is 33.2. The highest BCUT2D eigenvalue weighted by Gasteiger charge is 2.45. The smallest absolute Gasteiger partial charge is 0.294 e. The Balaban J connectivity index is 0.862. The molecule has 1 saturated heterocycles. The fraction of sp³-hybridized carbons (Fsp3) is 0.216. The quantitative estimate of drug-likeness (QED) is 0.0571. The van der Waals surface area contributed by atoms with Gasteiger partial charge in [0.15, 0.2) is 5.76 Å². The fourth-order valence-electron chi connectivity index (χ4n) is 8.06. The van der Waals surface area contributed by atoms with Crippen molar-refractivity contribution >= 4 is 52.7 Å². The van der Waals surface area contributed by atoms with E-state index in [1.807, 2.05) is 42.5 Å². The van der Waals surface area contributed by atoms with E-state index in [4.69, 9.17) is 13.9 Å². The van der Waals surface area contributed by atoms with E-state index in [1.165, 1.54) is 29.5 Å². The maximum absolute atomic E-state index is 14.7. The van der Waals surface area contributed by atoms with Crippen molar-refractivity contribution in [3.8, 4) is 11.1 Å². The number of carbonyl (C=O) groups excluding carboxylic acids is 7. The topological polar surface area (TPSA) is 219 Å². The van der Waals surface area contributed by atoms with Crippen LogP contribution in [0.25, 0.3) is 11.1 Å². The van der Waals surface area contributed by atoms with E-state index < -0.39 is 59.5 Å². The van der Waals surface area contributed by atoms with Crippen LogP contribution < -0.4 is 26.2 Å². The number of imide groups is 2. The number of pyridine rings is 1.